The average Bonchev–Trinajstić information content (AvgIpc) is 3.14. The molecule has 1 N–H and O–H groups in total. The van der Waals surface area contributed by atoms with Crippen LogP contribution >= 0.6 is 0 Å². The third-order valence-corrected chi connectivity index (χ3v) is 5.86. The Bertz CT molecular complexity index is 1290. The summed E-state index contributed by atoms with van der Waals surface area (Å²) in [5.74, 6) is -0.188. The number of Topliss-reactive ketones (excluding diaryl/α,β-unsaturated/α-hetero) is 1. The van der Waals surface area contributed by atoms with Crippen molar-refractivity contribution in [2.75, 3.05) is 20.3 Å². The van der Waals surface area contributed by atoms with Crippen LogP contribution < -0.4 is 14.2 Å². The van der Waals surface area contributed by atoms with Crippen molar-refractivity contribution in [1.29, 1.82) is 0 Å². The van der Waals surface area contributed by atoms with Gasteiger partial charge >= 0.3 is 0 Å². The number of carbonyl (C=O) groups is 2. The molecule has 1 amide bonds. The maximum absolute atomic E-state index is 13.3. The van der Waals surface area contributed by atoms with Crippen LogP contribution in [0.3, 0.4) is 0 Å². The average molecular weight is 489 g/mol. The van der Waals surface area contributed by atoms with Crippen LogP contribution in [0.25, 0.3) is 5.76 Å². The van der Waals surface area contributed by atoms with Crippen molar-refractivity contribution in [3.63, 3.8) is 0 Å². The zero-order chi connectivity index (χ0) is 25.7. The summed E-state index contributed by atoms with van der Waals surface area (Å²) in [7, 11) is 1.52. The minimum absolute atomic E-state index is 0.00563. The largest absolute Gasteiger partial charge is 0.507 e. The highest BCUT2D eigenvalue weighted by atomic mass is 16.5. The minimum atomic E-state index is -0.849. The number of hydrogen-bond donors (Lipinski definition) is 1. The molecule has 36 heavy (non-hydrogen) atoms. The van der Waals surface area contributed by atoms with Gasteiger partial charge in [0.15, 0.2) is 11.5 Å². The lowest BCUT2D eigenvalue weighted by Gasteiger charge is -2.26. The van der Waals surface area contributed by atoms with Gasteiger partial charge in [-0.05, 0) is 61.4 Å². The number of amides is 1. The van der Waals surface area contributed by atoms with Gasteiger partial charge in [-0.3, -0.25) is 14.6 Å². The summed E-state index contributed by atoms with van der Waals surface area (Å²) in [6.07, 6.45) is 3.25. The predicted molar refractivity (Wildman–Crippen MR) is 134 cm³/mol. The number of aliphatic hydroxyl groups excluding tert-OH is 1. The highest BCUT2D eigenvalue weighted by Crippen LogP contribution is 2.43. The molecule has 1 atom stereocenters. The highest BCUT2D eigenvalue weighted by molar-refractivity contribution is 6.46. The summed E-state index contributed by atoms with van der Waals surface area (Å²) in [4.78, 5) is 32.1. The number of ether oxygens (including phenoxy) is 3. The van der Waals surface area contributed by atoms with Crippen LogP contribution in [0.5, 0.6) is 17.2 Å². The fraction of sp³-hybridized carbons (Fsp3) is 0.250. The second-order valence-corrected chi connectivity index (χ2v) is 8.09. The Labute approximate surface area is 209 Å². The van der Waals surface area contributed by atoms with Gasteiger partial charge < -0.3 is 24.2 Å². The van der Waals surface area contributed by atoms with Gasteiger partial charge in [0.25, 0.3) is 11.7 Å². The molecule has 3 aromatic rings. The van der Waals surface area contributed by atoms with Crippen molar-refractivity contribution >= 4 is 17.4 Å². The molecular weight excluding hydrogens is 460 g/mol. The number of aliphatic hydroxyl groups is 1. The van der Waals surface area contributed by atoms with Gasteiger partial charge in [0, 0.05) is 24.5 Å². The second-order valence-electron chi connectivity index (χ2n) is 8.09. The van der Waals surface area contributed by atoms with Crippen LogP contribution in [0.2, 0.25) is 0 Å². The smallest absolute Gasteiger partial charge is 0.295 e. The second kappa shape index (κ2) is 10.9. The number of methoxy groups -OCH3 is 1. The molecule has 0 aliphatic carbocycles. The lowest BCUT2D eigenvalue weighted by atomic mass is 9.94. The van der Waals surface area contributed by atoms with Gasteiger partial charge in [0.1, 0.15) is 11.5 Å². The first-order valence-electron chi connectivity index (χ1n) is 11.7. The van der Waals surface area contributed by atoms with E-state index < -0.39 is 17.7 Å². The van der Waals surface area contributed by atoms with E-state index in [1.54, 1.807) is 67.0 Å². The molecule has 1 aliphatic rings. The van der Waals surface area contributed by atoms with E-state index in [9.17, 15) is 14.7 Å². The van der Waals surface area contributed by atoms with E-state index in [-0.39, 0.29) is 17.9 Å². The topological polar surface area (TPSA) is 98.2 Å². The number of aromatic nitrogens is 1. The van der Waals surface area contributed by atoms with Gasteiger partial charge in [0.05, 0.1) is 31.9 Å². The van der Waals surface area contributed by atoms with Crippen molar-refractivity contribution in [3.05, 3.63) is 89.3 Å². The van der Waals surface area contributed by atoms with E-state index >= 15 is 0 Å². The first-order valence-corrected chi connectivity index (χ1v) is 11.7. The molecule has 8 nitrogen and oxygen atoms in total. The highest BCUT2D eigenvalue weighted by Gasteiger charge is 2.46. The van der Waals surface area contributed by atoms with E-state index in [0.717, 1.165) is 5.56 Å². The molecule has 1 aliphatic heterocycles. The summed E-state index contributed by atoms with van der Waals surface area (Å²) in [6.45, 7) is 4.78. The summed E-state index contributed by atoms with van der Waals surface area (Å²) < 4.78 is 16.7. The van der Waals surface area contributed by atoms with Crippen molar-refractivity contribution < 1.29 is 28.9 Å². The van der Waals surface area contributed by atoms with E-state index in [0.29, 0.717) is 41.6 Å². The lowest BCUT2D eigenvalue weighted by molar-refractivity contribution is -0.140. The third-order valence-electron chi connectivity index (χ3n) is 5.86. The Hall–Kier alpha value is -4.33. The molecule has 0 bridgehead atoms. The molecule has 1 saturated heterocycles. The molecule has 1 aromatic heterocycles. The van der Waals surface area contributed by atoms with Crippen molar-refractivity contribution in [2.45, 2.75) is 26.4 Å². The summed E-state index contributed by atoms with van der Waals surface area (Å²) >= 11 is 0. The maximum atomic E-state index is 13.3. The van der Waals surface area contributed by atoms with E-state index in [2.05, 4.69) is 4.98 Å². The quantitative estimate of drug-likeness (QED) is 0.269. The van der Waals surface area contributed by atoms with Gasteiger partial charge in [-0.25, -0.2) is 0 Å². The number of carbonyl (C=O) groups excluding carboxylic acids is 2. The molecule has 0 saturated carbocycles. The monoisotopic (exact) mass is 488 g/mol. The zero-order valence-corrected chi connectivity index (χ0v) is 20.4. The molecule has 2 aromatic carbocycles. The molecular formula is C28H28N2O6. The lowest BCUT2D eigenvalue weighted by Crippen LogP contribution is -2.29. The molecule has 1 fully saturated rings. The number of likely N-dealkylation sites (tertiary alicyclic amines) is 1. The predicted octanol–water partition coefficient (Wildman–Crippen LogP) is 4.51. The number of benzene rings is 2. The van der Waals surface area contributed by atoms with Crippen molar-refractivity contribution in [2.24, 2.45) is 0 Å². The van der Waals surface area contributed by atoms with Crippen LogP contribution in [0.1, 0.15) is 36.6 Å². The Kier molecular flexibility index (Phi) is 7.53. The molecule has 2 heterocycles. The van der Waals surface area contributed by atoms with E-state index in [1.807, 2.05) is 13.8 Å². The number of pyridine rings is 1. The summed E-state index contributed by atoms with van der Waals surface area (Å²) in [5.41, 5.74) is 1.78. The van der Waals surface area contributed by atoms with Crippen molar-refractivity contribution in [1.82, 2.24) is 9.88 Å². The van der Waals surface area contributed by atoms with E-state index in [1.165, 1.54) is 12.0 Å². The molecule has 4 rings (SSSR count). The Balaban J connectivity index is 1.87. The first-order chi connectivity index (χ1) is 17.5. The number of ketones is 1. The van der Waals surface area contributed by atoms with Gasteiger partial charge in [-0.15, -0.1) is 0 Å². The number of nitrogens with zero attached hydrogens (tertiary/aromatic N) is 2. The van der Waals surface area contributed by atoms with Crippen LogP contribution in [0, 0.1) is 0 Å². The summed E-state index contributed by atoms with van der Waals surface area (Å²) in [5, 5.41) is 11.3. The van der Waals surface area contributed by atoms with Crippen LogP contribution in [0.15, 0.2) is 72.6 Å². The molecule has 1 unspecified atom stereocenters. The Morgan fingerprint density at radius 2 is 1.72 bits per heavy atom. The van der Waals surface area contributed by atoms with E-state index in [4.69, 9.17) is 14.2 Å². The zero-order valence-electron chi connectivity index (χ0n) is 20.4. The van der Waals surface area contributed by atoms with Crippen LogP contribution in [0.4, 0.5) is 0 Å². The van der Waals surface area contributed by atoms with Crippen molar-refractivity contribution in [3.8, 4) is 17.2 Å². The Morgan fingerprint density at radius 3 is 2.42 bits per heavy atom. The summed E-state index contributed by atoms with van der Waals surface area (Å²) in [6, 6.07) is 14.7. The molecule has 0 spiro atoms. The molecule has 186 valence electrons. The number of hydrogen-bond acceptors (Lipinski definition) is 7. The molecule has 8 heteroatoms. The van der Waals surface area contributed by atoms with Gasteiger partial charge in [-0.2, -0.15) is 0 Å². The fourth-order valence-electron chi connectivity index (χ4n) is 4.26. The maximum Gasteiger partial charge on any atom is 0.295 e. The van der Waals surface area contributed by atoms with Gasteiger partial charge in [-0.1, -0.05) is 18.2 Å². The van der Waals surface area contributed by atoms with Crippen LogP contribution in [-0.2, 0) is 16.1 Å². The fourth-order valence-corrected chi connectivity index (χ4v) is 4.26. The normalized spacial score (nSPS) is 16.8. The standard InChI is InChI=1S/C28H28N2O6/c1-4-35-21-8-6-7-20(15-21)26(31)24-25(19-9-10-22(36-5-2)23(16-19)34-3)30(28(33)27(24)32)17-18-11-13-29-14-12-18/h6-16,25,31H,4-5,17H2,1-3H3. The third kappa shape index (κ3) is 4.88. The number of rotatable bonds is 9. The SMILES string of the molecule is CCOc1cccc(C(O)=C2C(=O)C(=O)N(Cc3ccncc3)C2c2ccc(OCC)c(OC)c2)c1. The first kappa shape index (κ1) is 24.8. The minimum Gasteiger partial charge on any atom is -0.507 e. The molecule has 0 radical (unpaired) electrons. The van der Waals surface area contributed by atoms with Gasteiger partial charge in [0.2, 0.25) is 0 Å². The van der Waals surface area contributed by atoms with Crippen LogP contribution in [-0.4, -0.2) is 47.0 Å². The Morgan fingerprint density at radius 1 is 0.972 bits per heavy atom.